The summed E-state index contributed by atoms with van der Waals surface area (Å²) in [6, 6.07) is 2.68. The Morgan fingerprint density at radius 1 is 1.55 bits per heavy atom. The molecule has 0 bridgehead atoms. The van der Waals surface area contributed by atoms with E-state index in [1.54, 1.807) is 0 Å². The lowest BCUT2D eigenvalue weighted by Gasteiger charge is -2.17. The van der Waals surface area contributed by atoms with E-state index in [2.05, 4.69) is 9.88 Å². The van der Waals surface area contributed by atoms with Crippen molar-refractivity contribution in [1.29, 1.82) is 0 Å². The zero-order valence-corrected chi connectivity index (χ0v) is 11.7. The topological polar surface area (TPSA) is 105 Å². The number of hydrogen-bond acceptors (Lipinski definition) is 4. The van der Waals surface area contributed by atoms with Crippen molar-refractivity contribution in [2.75, 3.05) is 0 Å². The summed E-state index contributed by atoms with van der Waals surface area (Å²) in [7, 11) is -3.86. The molecule has 0 aliphatic heterocycles. The predicted molar refractivity (Wildman–Crippen MR) is 71.4 cm³/mol. The maximum atomic E-state index is 13.0. The largest absolute Gasteiger partial charge is 0.409 e. The van der Waals surface area contributed by atoms with Crippen LogP contribution in [0.15, 0.2) is 28.3 Å². The van der Waals surface area contributed by atoms with Gasteiger partial charge in [0.25, 0.3) is 0 Å². The Balaban J connectivity index is 2.30. The Morgan fingerprint density at radius 2 is 2.20 bits per heavy atom. The van der Waals surface area contributed by atoms with E-state index in [1.165, 1.54) is 13.0 Å². The zero-order valence-electron chi connectivity index (χ0n) is 10.9. The number of aryl methyl sites for hydroxylation is 1. The number of nitrogens with zero attached hydrogens (tertiary/aromatic N) is 1. The van der Waals surface area contributed by atoms with Gasteiger partial charge in [-0.05, 0) is 49.4 Å². The van der Waals surface area contributed by atoms with Gasteiger partial charge < -0.3 is 10.9 Å². The molecular formula is C12H16FN3O3S. The number of nitrogens with two attached hydrogens (primary N) is 1. The third-order valence-electron chi connectivity index (χ3n) is 3.24. The lowest BCUT2D eigenvalue weighted by Crippen LogP contribution is -2.46. The minimum Gasteiger partial charge on any atom is -0.409 e. The highest BCUT2D eigenvalue weighted by Crippen LogP contribution is 2.33. The minimum absolute atomic E-state index is 0.0183. The predicted octanol–water partition coefficient (Wildman–Crippen LogP) is 0.937. The number of nitrogens with one attached hydrogen (secondary N) is 1. The summed E-state index contributed by atoms with van der Waals surface area (Å²) in [6.07, 6.45) is 1.62. The molecule has 0 saturated heterocycles. The van der Waals surface area contributed by atoms with E-state index < -0.39 is 21.9 Å². The Hall–Kier alpha value is -1.67. The normalized spacial score (nSPS) is 18.0. The Bertz CT molecular complexity index is 641. The maximum Gasteiger partial charge on any atom is 0.241 e. The smallest absolute Gasteiger partial charge is 0.241 e. The molecule has 0 heterocycles. The molecule has 1 aliphatic carbocycles. The van der Waals surface area contributed by atoms with Crippen LogP contribution in [0.5, 0.6) is 0 Å². The Labute approximate surface area is 116 Å². The second kappa shape index (κ2) is 5.37. The van der Waals surface area contributed by atoms with Crippen molar-refractivity contribution in [1.82, 2.24) is 4.72 Å². The number of halogens is 1. The number of oxime groups is 1. The molecule has 1 aliphatic rings. The molecule has 0 spiro atoms. The first-order valence-corrected chi connectivity index (χ1v) is 7.59. The van der Waals surface area contributed by atoms with Crippen LogP contribution >= 0.6 is 0 Å². The van der Waals surface area contributed by atoms with Gasteiger partial charge in [-0.15, -0.1) is 0 Å². The van der Waals surface area contributed by atoms with Gasteiger partial charge in [0.15, 0.2) is 5.84 Å². The van der Waals surface area contributed by atoms with E-state index in [9.17, 15) is 12.8 Å². The van der Waals surface area contributed by atoms with Gasteiger partial charge >= 0.3 is 0 Å². The van der Waals surface area contributed by atoms with E-state index in [1.807, 2.05) is 0 Å². The molecule has 2 rings (SSSR count). The second-order valence-corrected chi connectivity index (χ2v) is 6.55. The van der Waals surface area contributed by atoms with E-state index in [0.29, 0.717) is 5.56 Å². The van der Waals surface area contributed by atoms with Crippen molar-refractivity contribution in [3.05, 3.63) is 29.6 Å². The molecule has 1 unspecified atom stereocenters. The molecule has 6 nitrogen and oxygen atoms in total. The summed E-state index contributed by atoms with van der Waals surface area (Å²) in [5, 5.41) is 11.6. The summed E-state index contributed by atoms with van der Waals surface area (Å²) in [5.41, 5.74) is 5.82. The first-order valence-electron chi connectivity index (χ1n) is 6.11. The fourth-order valence-electron chi connectivity index (χ4n) is 2.03. The lowest BCUT2D eigenvalue weighted by molar-refractivity contribution is 0.314. The Morgan fingerprint density at radius 3 is 2.70 bits per heavy atom. The monoisotopic (exact) mass is 301 g/mol. The molecule has 1 aromatic carbocycles. The van der Waals surface area contributed by atoms with Crippen LogP contribution in [0, 0.1) is 18.7 Å². The van der Waals surface area contributed by atoms with Gasteiger partial charge in [-0.3, -0.25) is 0 Å². The number of amidine groups is 1. The summed E-state index contributed by atoms with van der Waals surface area (Å²) in [4.78, 5) is -0.0183. The summed E-state index contributed by atoms with van der Waals surface area (Å²) in [6.45, 7) is 1.51. The molecule has 110 valence electrons. The standard InChI is InChI=1S/C12H16FN3O3S/c1-7-6-9(13)4-5-10(7)20(18,19)16-11(8-2-3-8)12(14)15-17/h4-6,8,11,16-17H,2-3H2,1H3,(H2,14,15). The van der Waals surface area contributed by atoms with Crippen LogP contribution < -0.4 is 10.5 Å². The minimum atomic E-state index is -3.86. The van der Waals surface area contributed by atoms with Crippen LogP contribution in [-0.4, -0.2) is 25.5 Å². The molecular weight excluding hydrogens is 285 g/mol. The molecule has 0 amide bonds. The molecule has 0 radical (unpaired) electrons. The quantitative estimate of drug-likeness (QED) is 0.326. The molecule has 20 heavy (non-hydrogen) atoms. The van der Waals surface area contributed by atoms with Crippen molar-refractivity contribution in [2.45, 2.75) is 30.7 Å². The first-order chi connectivity index (χ1) is 9.35. The third kappa shape index (κ3) is 3.07. The van der Waals surface area contributed by atoms with Gasteiger partial charge in [-0.2, -0.15) is 0 Å². The van der Waals surface area contributed by atoms with Gasteiger partial charge in [0.05, 0.1) is 10.9 Å². The SMILES string of the molecule is Cc1cc(F)ccc1S(=O)(=O)NC(C(N)=NO)C1CC1. The average Bonchev–Trinajstić information content (AvgIpc) is 3.18. The number of rotatable bonds is 5. The summed E-state index contributed by atoms with van der Waals surface area (Å²) < 4.78 is 40.1. The van der Waals surface area contributed by atoms with Gasteiger partial charge in [0.1, 0.15) is 5.82 Å². The van der Waals surface area contributed by atoms with Gasteiger partial charge in [-0.25, -0.2) is 17.5 Å². The van der Waals surface area contributed by atoms with Crippen molar-refractivity contribution < 1.29 is 18.0 Å². The van der Waals surface area contributed by atoms with Gasteiger partial charge in [0, 0.05) is 0 Å². The van der Waals surface area contributed by atoms with E-state index >= 15 is 0 Å². The average molecular weight is 301 g/mol. The first kappa shape index (κ1) is 14.7. The van der Waals surface area contributed by atoms with Crippen LogP contribution in [0.3, 0.4) is 0 Å². The van der Waals surface area contributed by atoms with Crippen LogP contribution in [0.2, 0.25) is 0 Å². The van der Waals surface area contributed by atoms with Crippen molar-refractivity contribution in [2.24, 2.45) is 16.8 Å². The van der Waals surface area contributed by atoms with Gasteiger partial charge in [0.2, 0.25) is 10.0 Å². The van der Waals surface area contributed by atoms with Crippen LogP contribution in [0.1, 0.15) is 18.4 Å². The van der Waals surface area contributed by atoms with E-state index in [4.69, 9.17) is 10.9 Å². The second-order valence-electron chi connectivity index (χ2n) is 4.87. The molecule has 8 heteroatoms. The summed E-state index contributed by atoms with van der Waals surface area (Å²) >= 11 is 0. The highest BCUT2D eigenvalue weighted by Gasteiger charge is 2.37. The highest BCUT2D eigenvalue weighted by molar-refractivity contribution is 7.89. The highest BCUT2D eigenvalue weighted by atomic mass is 32.2. The fourth-order valence-corrected chi connectivity index (χ4v) is 3.54. The Kier molecular flexibility index (Phi) is 3.96. The maximum absolute atomic E-state index is 13.0. The van der Waals surface area contributed by atoms with Crippen LogP contribution in [0.25, 0.3) is 0 Å². The van der Waals surface area contributed by atoms with Crippen molar-refractivity contribution >= 4 is 15.9 Å². The number of benzene rings is 1. The molecule has 1 fully saturated rings. The third-order valence-corrected chi connectivity index (χ3v) is 4.84. The molecule has 1 saturated carbocycles. The van der Waals surface area contributed by atoms with Gasteiger partial charge in [-0.1, -0.05) is 5.16 Å². The van der Waals surface area contributed by atoms with Crippen molar-refractivity contribution in [3.8, 4) is 0 Å². The zero-order chi connectivity index (χ0) is 14.9. The molecule has 1 atom stereocenters. The van der Waals surface area contributed by atoms with E-state index in [-0.39, 0.29) is 16.6 Å². The molecule has 1 aromatic rings. The lowest BCUT2D eigenvalue weighted by atomic mass is 10.2. The number of hydrogen-bond donors (Lipinski definition) is 3. The molecule has 0 aromatic heterocycles. The van der Waals surface area contributed by atoms with Crippen molar-refractivity contribution in [3.63, 3.8) is 0 Å². The summed E-state index contributed by atoms with van der Waals surface area (Å²) in [5.74, 6) is -0.645. The van der Waals surface area contributed by atoms with E-state index in [0.717, 1.165) is 25.0 Å². The van der Waals surface area contributed by atoms with Crippen LogP contribution in [0.4, 0.5) is 4.39 Å². The molecule has 4 N–H and O–H groups in total. The van der Waals surface area contributed by atoms with Crippen LogP contribution in [-0.2, 0) is 10.0 Å². The number of sulfonamides is 1. The fraction of sp³-hybridized carbons (Fsp3) is 0.417.